The van der Waals surface area contributed by atoms with Gasteiger partial charge in [0, 0.05) is 24.6 Å². The SMILES string of the molecule is CCOC(=O)[C@H]1CC[C@H](n2ncc(C(=O)N(CC(=O)c3c(Cl)cncc3Cl)CC(C)(C)C(F)(F)F)c2C)C[C@@H]1C. The zero-order valence-corrected chi connectivity index (χ0v) is 24.5. The van der Waals surface area contributed by atoms with Gasteiger partial charge >= 0.3 is 12.1 Å². The highest BCUT2D eigenvalue weighted by molar-refractivity contribution is 6.39. The van der Waals surface area contributed by atoms with Crippen LogP contribution < -0.4 is 0 Å². The van der Waals surface area contributed by atoms with Crippen LogP contribution in [-0.4, -0.2) is 63.2 Å². The molecule has 1 amide bonds. The van der Waals surface area contributed by atoms with Crippen LogP contribution in [0.3, 0.4) is 0 Å². The number of esters is 1. The number of alkyl halides is 3. The molecular weight excluding hydrogens is 572 g/mol. The quantitative estimate of drug-likeness (QED) is 0.244. The number of hydrogen-bond acceptors (Lipinski definition) is 6. The first-order valence-electron chi connectivity index (χ1n) is 13.0. The van der Waals surface area contributed by atoms with Gasteiger partial charge in [-0.2, -0.15) is 18.3 Å². The van der Waals surface area contributed by atoms with E-state index in [2.05, 4.69) is 10.1 Å². The van der Waals surface area contributed by atoms with Crippen molar-refractivity contribution < 1.29 is 32.3 Å². The summed E-state index contributed by atoms with van der Waals surface area (Å²) >= 11 is 12.2. The molecular formula is C27H33Cl2F3N4O4. The molecule has 40 heavy (non-hydrogen) atoms. The fraction of sp³-hybridized carbons (Fsp3) is 0.593. The zero-order valence-electron chi connectivity index (χ0n) is 23.0. The maximum absolute atomic E-state index is 13.8. The summed E-state index contributed by atoms with van der Waals surface area (Å²) in [5, 5.41) is 4.24. The second kappa shape index (κ2) is 12.5. The largest absolute Gasteiger partial charge is 0.466 e. The number of carbonyl (C=O) groups is 3. The summed E-state index contributed by atoms with van der Waals surface area (Å²) in [5.74, 6) is -1.95. The van der Waals surface area contributed by atoms with E-state index < -0.39 is 36.4 Å². The number of aromatic nitrogens is 3. The lowest BCUT2D eigenvalue weighted by Crippen LogP contribution is -2.47. The Bertz CT molecular complexity index is 1240. The molecule has 0 aliphatic heterocycles. The van der Waals surface area contributed by atoms with Crippen LogP contribution in [0, 0.1) is 24.2 Å². The van der Waals surface area contributed by atoms with Crippen LogP contribution >= 0.6 is 23.2 Å². The standard InChI is InChI=1S/C27H33Cl2F3N4O4/c1-6-40-25(39)18-8-7-17(9-15(18)2)36-16(3)19(10-34-36)24(38)35(14-26(4,5)27(30,31)32)13-22(37)23-20(28)11-33-12-21(23)29/h10-12,15,17-18H,6-9,13-14H2,1-5H3/t15-,17-,18-/m0/s1. The van der Waals surface area contributed by atoms with Crippen LogP contribution in [0.2, 0.25) is 10.0 Å². The summed E-state index contributed by atoms with van der Waals surface area (Å²) < 4.78 is 48.3. The topological polar surface area (TPSA) is 94.4 Å². The maximum atomic E-state index is 13.8. The third-order valence-electron chi connectivity index (χ3n) is 7.46. The van der Waals surface area contributed by atoms with Crippen molar-refractivity contribution in [3.8, 4) is 0 Å². The number of rotatable bonds is 9. The molecule has 0 spiro atoms. The number of pyridine rings is 1. The van der Waals surface area contributed by atoms with E-state index in [1.165, 1.54) is 18.6 Å². The van der Waals surface area contributed by atoms with E-state index >= 15 is 0 Å². The molecule has 1 aliphatic carbocycles. The third kappa shape index (κ3) is 6.79. The molecule has 2 heterocycles. The van der Waals surface area contributed by atoms with Crippen LogP contribution in [0.1, 0.15) is 79.4 Å². The molecule has 1 saturated carbocycles. The minimum Gasteiger partial charge on any atom is -0.466 e. The Morgan fingerprint density at radius 2 is 1.75 bits per heavy atom. The molecule has 0 aromatic carbocycles. The van der Waals surface area contributed by atoms with E-state index in [0.717, 1.165) is 18.7 Å². The molecule has 13 heteroatoms. The number of hydrogen-bond donors (Lipinski definition) is 0. The Kier molecular flexibility index (Phi) is 9.93. The van der Waals surface area contributed by atoms with Crippen molar-refractivity contribution in [1.29, 1.82) is 0 Å². The van der Waals surface area contributed by atoms with Gasteiger partial charge in [-0.25, -0.2) is 0 Å². The predicted octanol–water partition coefficient (Wildman–Crippen LogP) is 6.35. The monoisotopic (exact) mass is 604 g/mol. The minimum absolute atomic E-state index is 0.0112. The molecule has 0 unspecified atom stereocenters. The number of nitrogens with zero attached hydrogens (tertiary/aromatic N) is 4. The summed E-state index contributed by atoms with van der Waals surface area (Å²) in [6.07, 6.45) is 0.865. The number of ether oxygens (including phenoxy) is 1. The Balaban J connectivity index is 1.89. The van der Waals surface area contributed by atoms with Crippen LogP contribution in [0.4, 0.5) is 13.2 Å². The number of ketones is 1. The average Bonchev–Trinajstić information content (AvgIpc) is 3.23. The van der Waals surface area contributed by atoms with Gasteiger partial charge in [-0.15, -0.1) is 0 Å². The van der Waals surface area contributed by atoms with E-state index in [4.69, 9.17) is 27.9 Å². The highest BCUT2D eigenvalue weighted by Crippen LogP contribution is 2.40. The molecule has 8 nitrogen and oxygen atoms in total. The Morgan fingerprint density at radius 1 is 1.12 bits per heavy atom. The smallest absolute Gasteiger partial charge is 0.395 e. The molecule has 3 rings (SSSR count). The first-order valence-corrected chi connectivity index (χ1v) is 13.7. The van der Waals surface area contributed by atoms with E-state index in [9.17, 15) is 27.6 Å². The summed E-state index contributed by atoms with van der Waals surface area (Å²) in [4.78, 5) is 43.8. The highest BCUT2D eigenvalue weighted by Gasteiger charge is 2.49. The van der Waals surface area contributed by atoms with Gasteiger partial charge < -0.3 is 9.64 Å². The second-order valence-corrected chi connectivity index (χ2v) is 11.6. The van der Waals surface area contributed by atoms with Gasteiger partial charge in [0.2, 0.25) is 0 Å². The molecule has 1 aliphatic rings. The Labute approximate surface area is 241 Å². The first-order chi connectivity index (χ1) is 18.6. The number of carbonyl (C=O) groups excluding carboxylic acids is 3. The van der Waals surface area contributed by atoms with Crippen molar-refractivity contribution >= 4 is 40.9 Å². The van der Waals surface area contributed by atoms with Crippen molar-refractivity contribution in [3.05, 3.63) is 45.5 Å². The summed E-state index contributed by atoms with van der Waals surface area (Å²) in [6, 6.07) is -0.113. The predicted molar refractivity (Wildman–Crippen MR) is 143 cm³/mol. The van der Waals surface area contributed by atoms with Crippen molar-refractivity contribution in [2.75, 3.05) is 19.7 Å². The van der Waals surface area contributed by atoms with E-state index in [1.807, 2.05) is 6.92 Å². The number of Topliss-reactive ketones (excluding diaryl/α,β-unsaturated/α-hetero) is 1. The van der Waals surface area contributed by atoms with Crippen LogP contribution in [-0.2, 0) is 9.53 Å². The molecule has 0 bridgehead atoms. The van der Waals surface area contributed by atoms with Gasteiger partial charge in [0.15, 0.2) is 5.78 Å². The fourth-order valence-corrected chi connectivity index (χ4v) is 5.63. The van der Waals surface area contributed by atoms with Gasteiger partial charge in [-0.05, 0) is 52.9 Å². The molecule has 0 radical (unpaired) electrons. The number of halogens is 5. The highest BCUT2D eigenvalue weighted by atomic mass is 35.5. The molecule has 0 N–H and O–H groups in total. The van der Waals surface area contributed by atoms with Gasteiger partial charge in [-0.3, -0.25) is 24.0 Å². The van der Waals surface area contributed by atoms with E-state index in [1.54, 1.807) is 18.5 Å². The summed E-state index contributed by atoms with van der Waals surface area (Å²) in [6.45, 7) is 6.13. The summed E-state index contributed by atoms with van der Waals surface area (Å²) in [5.41, 5.74) is -1.91. The molecule has 220 valence electrons. The van der Waals surface area contributed by atoms with Crippen molar-refractivity contribution in [2.45, 2.75) is 66.1 Å². The lowest BCUT2D eigenvalue weighted by atomic mass is 9.78. The maximum Gasteiger partial charge on any atom is 0.395 e. The average molecular weight is 605 g/mol. The third-order valence-corrected chi connectivity index (χ3v) is 8.03. The van der Waals surface area contributed by atoms with Gasteiger partial charge in [0.1, 0.15) is 0 Å². The van der Waals surface area contributed by atoms with E-state index in [-0.39, 0.29) is 45.0 Å². The lowest BCUT2D eigenvalue weighted by molar-refractivity contribution is -0.214. The molecule has 3 atom stereocenters. The summed E-state index contributed by atoms with van der Waals surface area (Å²) in [7, 11) is 0. The van der Waals surface area contributed by atoms with Gasteiger partial charge in [0.05, 0.1) is 57.9 Å². The Hall–Kier alpha value is -2.66. The van der Waals surface area contributed by atoms with Gasteiger partial charge in [0.25, 0.3) is 5.91 Å². The molecule has 2 aromatic rings. The van der Waals surface area contributed by atoms with Crippen LogP contribution in [0.15, 0.2) is 18.6 Å². The van der Waals surface area contributed by atoms with Gasteiger partial charge in [-0.1, -0.05) is 30.1 Å². The normalized spacial score (nSPS) is 19.8. The Morgan fingerprint density at radius 3 is 2.30 bits per heavy atom. The minimum atomic E-state index is -4.65. The zero-order chi connectivity index (χ0) is 30.0. The van der Waals surface area contributed by atoms with Crippen LogP contribution in [0.25, 0.3) is 0 Å². The van der Waals surface area contributed by atoms with Crippen molar-refractivity contribution in [1.82, 2.24) is 19.7 Å². The van der Waals surface area contributed by atoms with Crippen LogP contribution in [0.5, 0.6) is 0 Å². The van der Waals surface area contributed by atoms with Crippen molar-refractivity contribution in [2.24, 2.45) is 17.3 Å². The lowest BCUT2D eigenvalue weighted by Gasteiger charge is -2.34. The fourth-order valence-electron chi connectivity index (χ4n) is 5.06. The first kappa shape index (κ1) is 31.9. The molecule has 1 fully saturated rings. The molecule has 0 saturated heterocycles. The van der Waals surface area contributed by atoms with E-state index in [0.29, 0.717) is 31.6 Å². The van der Waals surface area contributed by atoms with Crippen molar-refractivity contribution in [3.63, 3.8) is 0 Å². The number of amides is 1. The second-order valence-electron chi connectivity index (χ2n) is 10.8. The molecule has 2 aromatic heterocycles.